The molecule has 0 radical (unpaired) electrons. The number of nitrogens with one attached hydrogen (secondary N) is 1. The van der Waals surface area contributed by atoms with Crippen LogP contribution in [-0.2, 0) is 4.79 Å². The maximum atomic E-state index is 12.3. The Labute approximate surface area is 122 Å². The minimum absolute atomic E-state index is 0.175. The Balaban J connectivity index is 1.80. The number of piperidine rings is 1. The molecule has 2 rings (SSSR count). The standard InChI is InChI=1S/C16H30N2O2/c1-13-6-2-3-8-15(13)17-16(20)12-18-10-5-4-7-14(18)9-11-19/h13-15,19H,2-12H2,1H3,(H,17,20). The average Bonchev–Trinajstić information content (AvgIpc) is 2.44. The fraction of sp³-hybridized carbons (Fsp3) is 0.938. The minimum atomic E-state index is 0.175. The van der Waals surface area contributed by atoms with Crippen LogP contribution in [0.25, 0.3) is 0 Å². The first-order chi connectivity index (χ1) is 9.70. The summed E-state index contributed by atoms with van der Waals surface area (Å²) in [6, 6.07) is 0.764. The Morgan fingerprint density at radius 3 is 2.70 bits per heavy atom. The van der Waals surface area contributed by atoms with Crippen molar-refractivity contribution in [2.75, 3.05) is 19.7 Å². The summed E-state index contributed by atoms with van der Waals surface area (Å²) in [5, 5.41) is 12.4. The molecule has 1 amide bonds. The van der Waals surface area contributed by atoms with E-state index in [-0.39, 0.29) is 12.5 Å². The molecule has 0 aromatic rings. The van der Waals surface area contributed by atoms with Crippen LogP contribution in [0.4, 0.5) is 0 Å². The van der Waals surface area contributed by atoms with Crippen molar-refractivity contribution in [2.45, 2.75) is 70.4 Å². The Kier molecular flexibility index (Phi) is 6.30. The first kappa shape index (κ1) is 15.8. The average molecular weight is 282 g/mol. The molecule has 116 valence electrons. The van der Waals surface area contributed by atoms with Crippen molar-refractivity contribution in [3.05, 3.63) is 0 Å². The lowest BCUT2D eigenvalue weighted by Gasteiger charge is -2.36. The molecule has 2 N–H and O–H groups in total. The van der Waals surface area contributed by atoms with Crippen LogP contribution in [0.5, 0.6) is 0 Å². The Hall–Kier alpha value is -0.610. The summed E-state index contributed by atoms with van der Waals surface area (Å²) in [6.07, 6.45) is 9.23. The zero-order valence-corrected chi connectivity index (χ0v) is 12.8. The fourth-order valence-electron chi connectivity index (χ4n) is 3.71. The third-order valence-corrected chi connectivity index (χ3v) is 5.02. The van der Waals surface area contributed by atoms with Crippen molar-refractivity contribution in [2.24, 2.45) is 5.92 Å². The molecule has 2 fully saturated rings. The van der Waals surface area contributed by atoms with E-state index in [2.05, 4.69) is 17.1 Å². The normalized spacial score (nSPS) is 32.0. The maximum Gasteiger partial charge on any atom is 0.234 e. The van der Waals surface area contributed by atoms with Gasteiger partial charge in [0.1, 0.15) is 0 Å². The highest BCUT2D eigenvalue weighted by atomic mass is 16.3. The van der Waals surface area contributed by atoms with E-state index < -0.39 is 0 Å². The van der Waals surface area contributed by atoms with Gasteiger partial charge < -0.3 is 10.4 Å². The second kappa shape index (κ2) is 7.99. The monoisotopic (exact) mass is 282 g/mol. The van der Waals surface area contributed by atoms with E-state index in [4.69, 9.17) is 5.11 Å². The van der Waals surface area contributed by atoms with Crippen molar-refractivity contribution in [3.8, 4) is 0 Å². The zero-order chi connectivity index (χ0) is 14.4. The number of aliphatic hydroxyl groups excluding tert-OH is 1. The molecule has 0 spiro atoms. The number of hydrogen-bond acceptors (Lipinski definition) is 3. The van der Waals surface area contributed by atoms with Gasteiger partial charge in [0.15, 0.2) is 0 Å². The largest absolute Gasteiger partial charge is 0.396 e. The molecule has 2 aliphatic rings. The van der Waals surface area contributed by atoms with E-state index in [1.807, 2.05) is 0 Å². The molecule has 1 heterocycles. The summed E-state index contributed by atoms with van der Waals surface area (Å²) >= 11 is 0. The number of nitrogens with zero attached hydrogens (tertiary/aromatic N) is 1. The number of carbonyl (C=O) groups is 1. The number of amides is 1. The summed E-state index contributed by atoms with van der Waals surface area (Å²) < 4.78 is 0. The first-order valence-corrected chi connectivity index (χ1v) is 8.35. The fourth-order valence-corrected chi connectivity index (χ4v) is 3.71. The Morgan fingerprint density at radius 2 is 1.95 bits per heavy atom. The SMILES string of the molecule is CC1CCCCC1NC(=O)CN1CCCCC1CCO. The second-order valence-corrected chi connectivity index (χ2v) is 6.57. The molecular formula is C16H30N2O2. The molecule has 1 saturated heterocycles. The summed E-state index contributed by atoms with van der Waals surface area (Å²) in [5.74, 6) is 0.788. The van der Waals surface area contributed by atoms with E-state index >= 15 is 0 Å². The van der Waals surface area contributed by atoms with Gasteiger partial charge in [-0.3, -0.25) is 9.69 Å². The van der Waals surface area contributed by atoms with E-state index in [1.54, 1.807) is 0 Å². The van der Waals surface area contributed by atoms with Crippen LogP contribution >= 0.6 is 0 Å². The summed E-state index contributed by atoms with van der Waals surface area (Å²) in [5.41, 5.74) is 0. The molecule has 1 aliphatic carbocycles. The lowest BCUT2D eigenvalue weighted by atomic mass is 9.86. The second-order valence-electron chi connectivity index (χ2n) is 6.57. The van der Waals surface area contributed by atoms with Crippen LogP contribution in [0.1, 0.15) is 58.3 Å². The van der Waals surface area contributed by atoms with Gasteiger partial charge in [0.25, 0.3) is 0 Å². The predicted molar refractivity (Wildman–Crippen MR) is 80.5 cm³/mol. The van der Waals surface area contributed by atoms with E-state index in [1.165, 1.54) is 32.1 Å². The Morgan fingerprint density at radius 1 is 1.20 bits per heavy atom. The van der Waals surface area contributed by atoms with Crippen molar-refractivity contribution in [1.82, 2.24) is 10.2 Å². The molecule has 4 nitrogen and oxygen atoms in total. The molecule has 0 aromatic heterocycles. The van der Waals surface area contributed by atoms with Crippen molar-refractivity contribution in [3.63, 3.8) is 0 Å². The van der Waals surface area contributed by atoms with Crippen molar-refractivity contribution < 1.29 is 9.90 Å². The molecule has 4 heteroatoms. The maximum absolute atomic E-state index is 12.3. The van der Waals surface area contributed by atoms with Crippen LogP contribution in [0, 0.1) is 5.92 Å². The number of carbonyl (C=O) groups excluding carboxylic acids is 1. The summed E-state index contributed by atoms with van der Waals surface area (Å²) in [7, 11) is 0. The molecule has 1 aliphatic heterocycles. The van der Waals surface area contributed by atoms with Gasteiger partial charge in [-0.1, -0.05) is 26.2 Å². The molecule has 1 saturated carbocycles. The molecular weight excluding hydrogens is 252 g/mol. The van der Waals surface area contributed by atoms with Gasteiger partial charge in [-0.25, -0.2) is 0 Å². The van der Waals surface area contributed by atoms with Gasteiger partial charge in [-0.15, -0.1) is 0 Å². The van der Waals surface area contributed by atoms with Gasteiger partial charge in [-0.05, 0) is 44.6 Å². The predicted octanol–water partition coefficient (Wildman–Crippen LogP) is 1.92. The third kappa shape index (κ3) is 4.45. The lowest BCUT2D eigenvalue weighted by molar-refractivity contribution is -0.124. The van der Waals surface area contributed by atoms with E-state index in [9.17, 15) is 4.79 Å². The topological polar surface area (TPSA) is 52.6 Å². The van der Waals surface area contributed by atoms with Gasteiger partial charge in [-0.2, -0.15) is 0 Å². The minimum Gasteiger partial charge on any atom is -0.396 e. The van der Waals surface area contributed by atoms with E-state index in [0.717, 1.165) is 25.8 Å². The number of aliphatic hydroxyl groups is 1. The molecule has 20 heavy (non-hydrogen) atoms. The Bertz CT molecular complexity index is 307. The summed E-state index contributed by atoms with van der Waals surface area (Å²) in [6.45, 7) is 3.98. The highest BCUT2D eigenvalue weighted by Gasteiger charge is 2.26. The van der Waals surface area contributed by atoms with Crippen molar-refractivity contribution in [1.29, 1.82) is 0 Å². The van der Waals surface area contributed by atoms with Gasteiger partial charge in [0, 0.05) is 18.7 Å². The van der Waals surface area contributed by atoms with Crippen LogP contribution in [0.15, 0.2) is 0 Å². The zero-order valence-electron chi connectivity index (χ0n) is 12.8. The van der Waals surface area contributed by atoms with Crippen LogP contribution in [-0.4, -0.2) is 47.7 Å². The number of likely N-dealkylation sites (tertiary alicyclic amines) is 1. The summed E-state index contributed by atoms with van der Waals surface area (Å²) in [4.78, 5) is 14.5. The van der Waals surface area contributed by atoms with Gasteiger partial charge >= 0.3 is 0 Å². The van der Waals surface area contributed by atoms with Crippen LogP contribution in [0.3, 0.4) is 0 Å². The highest BCUT2D eigenvalue weighted by Crippen LogP contribution is 2.24. The van der Waals surface area contributed by atoms with Crippen molar-refractivity contribution >= 4 is 5.91 Å². The third-order valence-electron chi connectivity index (χ3n) is 5.02. The smallest absolute Gasteiger partial charge is 0.234 e. The lowest BCUT2D eigenvalue weighted by Crippen LogP contribution is -2.49. The highest BCUT2D eigenvalue weighted by molar-refractivity contribution is 5.78. The number of hydrogen-bond donors (Lipinski definition) is 2. The van der Waals surface area contributed by atoms with Gasteiger partial charge in [0.05, 0.1) is 6.54 Å². The van der Waals surface area contributed by atoms with Crippen LogP contribution in [0.2, 0.25) is 0 Å². The molecule has 0 aromatic carbocycles. The molecule has 3 unspecified atom stereocenters. The first-order valence-electron chi connectivity index (χ1n) is 8.35. The molecule has 0 bridgehead atoms. The van der Waals surface area contributed by atoms with Crippen LogP contribution < -0.4 is 5.32 Å². The quantitative estimate of drug-likeness (QED) is 0.810. The van der Waals surface area contributed by atoms with Gasteiger partial charge in [0.2, 0.25) is 5.91 Å². The molecule has 3 atom stereocenters. The van der Waals surface area contributed by atoms with E-state index in [0.29, 0.717) is 24.5 Å². The number of rotatable bonds is 5.